The number of benzene rings is 4. The molecule has 0 heterocycles. The van der Waals surface area contributed by atoms with Crippen LogP contribution < -0.4 is 4.74 Å². The molecule has 41 heavy (non-hydrogen) atoms. The minimum atomic E-state index is -4.54. The molecule has 2 nitrogen and oxygen atoms in total. The van der Waals surface area contributed by atoms with Crippen molar-refractivity contribution in [2.45, 2.75) is 13.0 Å². The minimum absolute atomic E-state index is 0.0414. The fourth-order valence-corrected chi connectivity index (χ4v) is 4.08. The smallest absolute Gasteiger partial charge is 0.429 e. The molecule has 0 atom stereocenters. The van der Waals surface area contributed by atoms with Crippen molar-refractivity contribution in [3.63, 3.8) is 0 Å². The van der Waals surface area contributed by atoms with Crippen molar-refractivity contribution in [1.29, 1.82) is 0 Å². The highest BCUT2D eigenvalue weighted by Crippen LogP contribution is 2.38. The van der Waals surface area contributed by atoms with Crippen LogP contribution in [-0.4, -0.2) is 13.3 Å². The van der Waals surface area contributed by atoms with Gasteiger partial charge < -0.3 is 4.74 Å². The molecule has 0 aliphatic carbocycles. The molecular weight excluding hydrogens is 561 g/mol. The molecule has 0 saturated heterocycles. The molecule has 0 aromatic heterocycles. The quantitative estimate of drug-likeness (QED) is 0.122. The maximum atomic E-state index is 14.9. The van der Waals surface area contributed by atoms with E-state index in [1.165, 1.54) is 25.4 Å². The van der Waals surface area contributed by atoms with Crippen LogP contribution in [0.4, 0.5) is 39.5 Å². The predicted octanol–water partition coefficient (Wildman–Crippen LogP) is 9.23. The van der Waals surface area contributed by atoms with Crippen molar-refractivity contribution in [2.24, 2.45) is 4.99 Å². The van der Waals surface area contributed by atoms with Gasteiger partial charge in [0.2, 0.25) is 0 Å². The highest BCUT2D eigenvalue weighted by atomic mass is 19.3. The summed E-state index contributed by atoms with van der Waals surface area (Å²) in [6, 6.07) is 7.95. The third-order valence-corrected chi connectivity index (χ3v) is 5.84. The van der Waals surface area contributed by atoms with Gasteiger partial charge in [-0.1, -0.05) is 18.2 Å². The monoisotopic (exact) mass is 579 g/mol. The normalized spacial score (nSPS) is 12.3. The molecule has 0 aliphatic rings. The zero-order chi connectivity index (χ0) is 30.1. The van der Waals surface area contributed by atoms with Crippen molar-refractivity contribution >= 4 is 12.3 Å². The summed E-state index contributed by atoms with van der Waals surface area (Å²) >= 11 is 0. The molecule has 0 N–H and O–H groups in total. The molecule has 4 aromatic rings. The van der Waals surface area contributed by atoms with E-state index in [0.717, 1.165) is 24.3 Å². The molecule has 0 unspecified atom stereocenters. The maximum Gasteiger partial charge on any atom is 0.432 e. The van der Waals surface area contributed by atoms with E-state index in [9.17, 15) is 39.5 Å². The first-order chi connectivity index (χ1) is 19.3. The Bertz CT molecular complexity index is 1650. The van der Waals surface area contributed by atoms with Gasteiger partial charge in [-0.15, -0.1) is 0 Å². The van der Waals surface area contributed by atoms with Gasteiger partial charge in [0.05, 0.1) is 0 Å². The van der Waals surface area contributed by atoms with E-state index in [1.54, 1.807) is 6.92 Å². The molecule has 4 aromatic carbocycles. The van der Waals surface area contributed by atoms with Crippen LogP contribution in [-0.2, 0) is 6.11 Å². The molecule has 11 heteroatoms. The second-order valence-electron chi connectivity index (χ2n) is 8.84. The third kappa shape index (κ3) is 6.29. The number of hydrogen-bond acceptors (Lipinski definition) is 2. The molecule has 4 rings (SSSR count). The first kappa shape index (κ1) is 29.4. The van der Waals surface area contributed by atoms with Gasteiger partial charge in [-0.3, -0.25) is 4.99 Å². The van der Waals surface area contributed by atoms with Crippen molar-refractivity contribution in [2.75, 3.05) is 7.05 Å². The molecule has 0 saturated carbocycles. The Morgan fingerprint density at radius 2 is 1.22 bits per heavy atom. The van der Waals surface area contributed by atoms with E-state index >= 15 is 0 Å². The van der Waals surface area contributed by atoms with E-state index < -0.39 is 58.1 Å². The first-order valence-electron chi connectivity index (χ1n) is 11.7. The fourth-order valence-electron chi connectivity index (χ4n) is 4.08. The molecule has 0 spiro atoms. The average Bonchev–Trinajstić information content (AvgIpc) is 2.86. The lowest BCUT2D eigenvalue weighted by molar-refractivity contribution is -0.189. The summed E-state index contributed by atoms with van der Waals surface area (Å²) < 4.78 is 133. The number of alkyl halides is 2. The Morgan fingerprint density at radius 1 is 0.683 bits per heavy atom. The van der Waals surface area contributed by atoms with Crippen LogP contribution in [0.2, 0.25) is 0 Å². The Kier molecular flexibility index (Phi) is 8.27. The van der Waals surface area contributed by atoms with Crippen molar-refractivity contribution in [3.05, 3.63) is 118 Å². The van der Waals surface area contributed by atoms with Crippen molar-refractivity contribution < 1.29 is 44.3 Å². The maximum absolute atomic E-state index is 14.9. The summed E-state index contributed by atoms with van der Waals surface area (Å²) in [6.45, 7) is 1.59. The standard InChI is InChI=1S/C30H18F9NO/c1-15(14-40-2)7-16-8-24(33)28(25(34)9-16)30(38,39)41-19-4-6-20(23(32)13-19)17-3-5-21(22(31)10-17)18-11-26(35)29(37)27(36)12-18/h3-14H,1-2H3/b15-7-,40-14?. The number of ether oxygens (including phenoxy) is 1. The summed E-state index contributed by atoms with van der Waals surface area (Å²) in [5.41, 5.74) is -2.22. The number of halogens is 9. The Morgan fingerprint density at radius 3 is 1.78 bits per heavy atom. The molecule has 0 aliphatic heterocycles. The molecule has 212 valence electrons. The fraction of sp³-hybridized carbons (Fsp3) is 0.100. The largest absolute Gasteiger partial charge is 0.432 e. The third-order valence-electron chi connectivity index (χ3n) is 5.84. The van der Waals surface area contributed by atoms with Crippen LogP contribution >= 0.6 is 0 Å². The average molecular weight is 579 g/mol. The zero-order valence-electron chi connectivity index (χ0n) is 21.2. The van der Waals surface area contributed by atoms with E-state index in [0.29, 0.717) is 35.9 Å². The molecule has 0 amide bonds. The van der Waals surface area contributed by atoms with Crippen LogP contribution in [0.5, 0.6) is 5.75 Å². The summed E-state index contributed by atoms with van der Waals surface area (Å²) in [6.07, 6.45) is -1.82. The molecule has 0 radical (unpaired) electrons. The predicted molar refractivity (Wildman–Crippen MR) is 136 cm³/mol. The van der Waals surface area contributed by atoms with Crippen LogP contribution in [0.3, 0.4) is 0 Å². The van der Waals surface area contributed by atoms with Gasteiger partial charge in [0.1, 0.15) is 34.6 Å². The second-order valence-corrected chi connectivity index (χ2v) is 8.84. The topological polar surface area (TPSA) is 21.6 Å². The van der Waals surface area contributed by atoms with Gasteiger partial charge in [-0.2, -0.15) is 8.78 Å². The van der Waals surface area contributed by atoms with E-state index in [-0.39, 0.29) is 27.8 Å². The van der Waals surface area contributed by atoms with Gasteiger partial charge in [-0.25, -0.2) is 30.7 Å². The van der Waals surface area contributed by atoms with Gasteiger partial charge in [0.25, 0.3) is 0 Å². The Labute approximate surface area is 228 Å². The summed E-state index contributed by atoms with van der Waals surface area (Å²) in [5, 5.41) is 0. The molecule has 0 bridgehead atoms. The van der Waals surface area contributed by atoms with E-state index in [2.05, 4.69) is 9.73 Å². The lowest BCUT2D eigenvalue weighted by Crippen LogP contribution is -2.25. The van der Waals surface area contributed by atoms with Gasteiger partial charge in [0, 0.05) is 30.5 Å². The lowest BCUT2D eigenvalue weighted by Gasteiger charge is -2.20. The van der Waals surface area contributed by atoms with Crippen molar-refractivity contribution in [1.82, 2.24) is 0 Å². The SMILES string of the molecule is CN=C/C(C)=C\c1cc(F)c(C(F)(F)Oc2ccc(-c3ccc(-c4cc(F)c(F)c(F)c4)c(F)c3)c(F)c2)c(F)c1. The van der Waals surface area contributed by atoms with Gasteiger partial charge >= 0.3 is 6.11 Å². The number of hydrogen-bond donors (Lipinski definition) is 0. The van der Waals surface area contributed by atoms with Crippen LogP contribution in [0, 0.1) is 40.7 Å². The van der Waals surface area contributed by atoms with Gasteiger partial charge in [0.15, 0.2) is 17.5 Å². The number of nitrogens with zero attached hydrogens (tertiary/aromatic N) is 1. The van der Waals surface area contributed by atoms with Crippen LogP contribution in [0.15, 0.2) is 71.2 Å². The van der Waals surface area contributed by atoms with Crippen molar-refractivity contribution in [3.8, 4) is 28.0 Å². The zero-order valence-corrected chi connectivity index (χ0v) is 21.2. The number of allylic oxidation sites excluding steroid dienone is 1. The minimum Gasteiger partial charge on any atom is -0.429 e. The summed E-state index contributed by atoms with van der Waals surface area (Å²) in [5.74, 6) is -11.0. The Hall–Kier alpha value is -4.54. The highest BCUT2D eigenvalue weighted by Gasteiger charge is 2.41. The van der Waals surface area contributed by atoms with E-state index in [4.69, 9.17) is 0 Å². The number of aliphatic imine (C=N–C) groups is 1. The summed E-state index contributed by atoms with van der Waals surface area (Å²) in [4.78, 5) is 3.74. The molecule has 0 fully saturated rings. The van der Waals surface area contributed by atoms with Crippen LogP contribution in [0.25, 0.3) is 28.3 Å². The first-order valence-corrected chi connectivity index (χ1v) is 11.7. The van der Waals surface area contributed by atoms with Crippen LogP contribution in [0.1, 0.15) is 18.1 Å². The lowest BCUT2D eigenvalue weighted by atomic mass is 9.99. The molecular formula is C30H18F9NO. The number of rotatable bonds is 7. The van der Waals surface area contributed by atoms with E-state index in [1.807, 2.05) is 0 Å². The highest BCUT2D eigenvalue weighted by molar-refractivity contribution is 5.84. The summed E-state index contributed by atoms with van der Waals surface area (Å²) in [7, 11) is 1.48. The second kappa shape index (κ2) is 11.5. The van der Waals surface area contributed by atoms with Gasteiger partial charge in [-0.05, 0) is 71.7 Å². The Balaban J connectivity index is 1.60.